The number of hydrogen-bond donors (Lipinski definition) is 2. The van der Waals surface area contributed by atoms with Crippen LogP contribution in [0.4, 0.5) is 0 Å². The van der Waals surface area contributed by atoms with Crippen LogP contribution in [0.25, 0.3) is 10.8 Å². The van der Waals surface area contributed by atoms with Crippen molar-refractivity contribution in [3.63, 3.8) is 0 Å². The lowest BCUT2D eigenvalue weighted by atomic mass is 10.0. The molecule has 2 rings (SSSR count). The number of hydrogen-bond acceptors (Lipinski definition) is 6. The molecule has 164 valence electrons. The van der Waals surface area contributed by atoms with Gasteiger partial charge in [-0.25, -0.2) is 9.59 Å². The number of rotatable bonds is 14. The molecule has 0 aliphatic rings. The van der Waals surface area contributed by atoms with Gasteiger partial charge in [-0.2, -0.15) is 0 Å². The second-order valence-corrected chi connectivity index (χ2v) is 7.32. The van der Waals surface area contributed by atoms with Crippen LogP contribution in [0.5, 0.6) is 0 Å². The lowest BCUT2D eigenvalue weighted by Crippen LogP contribution is -2.07. The van der Waals surface area contributed by atoms with E-state index in [1.807, 2.05) is 0 Å². The zero-order valence-electron chi connectivity index (χ0n) is 17.5. The number of esters is 2. The van der Waals surface area contributed by atoms with E-state index in [-0.39, 0.29) is 25.2 Å². The maximum absolute atomic E-state index is 12.2. The van der Waals surface area contributed by atoms with Crippen LogP contribution in [0, 0.1) is 0 Å². The molecule has 0 aromatic heterocycles. The standard InChI is InChI=1S/C24H32O6/c25-13-5-1-3-7-15-29-23(27)21-11-9-20-18-22(12-10-19(20)17-21)24(28)30-16-8-4-2-6-14-26/h9-12,17-18,25-26H,1-8,13-16H2. The van der Waals surface area contributed by atoms with Crippen LogP contribution in [-0.4, -0.2) is 48.6 Å². The molecular weight excluding hydrogens is 384 g/mol. The summed E-state index contributed by atoms with van der Waals surface area (Å²) in [5.74, 6) is -0.715. The van der Waals surface area contributed by atoms with Gasteiger partial charge < -0.3 is 19.7 Å². The van der Waals surface area contributed by atoms with Crippen LogP contribution in [0.15, 0.2) is 36.4 Å². The van der Waals surface area contributed by atoms with Gasteiger partial charge in [0.25, 0.3) is 0 Å². The third-order valence-electron chi connectivity index (χ3n) is 4.88. The van der Waals surface area contributed by atoms with E-state index >= 15 is 0 Å². The topological polar surface area (TPSA) is 93.1 Å². The van der Waals surface area contributed by atoms with Crippen molar-refractivity contribution in [3.05, 3.63) is 47.5 Å². The summed E-state index contributed by atoms with van der Waals surface area (Å²) in [5, 5.41) is 19.2. The van der Waals surface area contributed by atoms with Gasteiger partial charge >= 0.3 is 11.9 Å². The van der Waals surface area contributed by atoms with E-state index in [4.69, 9.17) is 19.7 Å². The van der Waals surface area contributed by atoms with Crippen molar-refractivity contribution in [3.8, 4) is 0 Å². The molecule has 0 saturated heterocycles. The normalized spacial score (nSPS) is 10.9. The largest absolute Gasteiger partial charge is 0.462 e. The van der Waals surface area contributed by atoms with Gasteiger partial charge in [-0.1, -0.05) is 25.0 Å². The summed E-state index contributed by atoms with van der Waals surface area (Å²) in [4.78, 5) is 24.4. The van der Waals surface area contributed by atoms with Crippen molar-refractivity contribution in [2.75, 3.05) is 26.4 Å². The number of aliphatic hydroxyl groups excluding tert-OH is 2. The molecule has 0 atom stereocenters. The van der Waals surface area contributed by atoms with Gasteiger partial charge in [0.2, 0.25) is 0 Å². The highest BCUT2D eigenvalue weighted by Gasteiger charge is 2.11. The Bertz CT molecular complexity index is 734. The van der Waals surface area contributed by atoms with Gasteiger partial charge in [-0.05, 0) is 73.6 Å². The highest BCUT2D eigenvalue weighted by molar-refractivity contribution is 5.99. The minimum absolute atomic E-state index is 0.196. The quantitative estimate of drug-likeness (QED) is 0.353. The average Bonchev–Trinajstić information content (AvgIpc) is 2.77. The molecular formula is C24H32O6. The summed E-state index contributed by atoms with van der Waals surface area (Å²) in [6.45, 7) is 1.13. The summed E-state index contributed by atoms with van der Waals surface area (Å²) >= 11 is 0. The SMILES string of the molecule is O=C(OCCCCCCO)c1ccc2cc(C(=O)OCCCCCCO)ccc2c1. The second kappa shape index (κ2) is 13.7. The monoisotopic (exact) mass is 416 g/mol. The number of fused-ring (bicyclic) bond motifs is 1. The van der Waals surface area contributed by atoms with E-state index in [2.05, 4.69) is 0 Å². The van der Waals surface area contributed by atoms with Gasteiger partial charge in [0.1, 0.15) is 0 Å². The van der Waals surface area contributed by atoms with E-state index in [0.29, 0.717) is 24.3 Å². The molecule has 2 aromatic carbocycles. The molecule has 6 nitrogen and oxygen atoms in total. The number of carbonyl (C=O) groups is 2. The minimum atomic E-state index is -0.358. The molecule has 2 aromatic rings. The zero-order chi connectivity index (χ0) is 21.6. The first-order valence-corrected chi connectivity index (χ1v) is 10.8. The highest BCUT2D eigenvalue weighted by Crippen LogP contribution is 2.19. The molecule has 6 heteroatoms. The summed E-state index contributed by atoms with van der Waals surface area (Å²) in [6.07, 6.45) is 6.83. The van der Waals surface area contributed by atoms with Crippen molar-refractivity contribution in [1.82, 2.24) is 0 Å². The Labute approximate surface area is 177 Å². The highest BCUT2D eigenvalue weighted by atomic mass is 16.5. The minimum Gasteiger partial charge on any atom is -0.462 e. The fraction of sp³-hybridized carbons (Fsp3) is 0.500. The first kappa shape index (κ1) is 23.8. The zero-order valence-corrected chi connectivity index (χ0v) is 17.5. The molecule has 0 unspecified atom stereocenters. The molecule has 0 heterocycles. The molecule has 0 aliphatic carbocycles. The molecule has 0 amide bonds. The molecule has 30 heavy (non-hydrogen) atoms. The summed E-state index contributed by atoms with van der Waals surface area (Å²) in [5.41, 5.74) is 0.965. The molecule has 0 saturated carbocycles. The van der Waals surface area contributed by atoms with E-state index in [0.717, 1.165) is 62.1 Å². The average molecular weight is 417 g/mol. The van der Waals surface area contributed by atoms with E-state index in [1.165, 1.54) is 0 Å². The smallest absolute Gasteiger partial charge is 0.338 e. The predicted octanol–water partition coefficient (Wildman–Crippen LogP) is 4.26. The van der Waals surface area contributed by atoms with Crippen molar-refractivity contribution >= 4 is 22.7 Å². The van der Waals surface area contributed by atoms with Crippen LogP contribution in [0.2, 0.25) is 0 Å². The van der Waals surface area contributed by atoms with Gasteiger partial charge in [0.15, 0.2) is 0 Å². The fourth-order valence-corrected chi connectivity index (χ4v) is 3.13. The lowest BCUT2D eigenvalue weighted by Gasteiger charge is -2.08. The molecule has 0 spiro atoms. The molecule has 0 radical (unpaired) electrons. The van der Waals surface area contributed by atoms with E-state index in [1.54, 1.807) is 36.4 Å². The Morgan fingerprint density at radius 3 is 1.40 bits per heavy atom. The molecule has 0 aliphatic heterocycles. The maximum atomic E-state index is 12.2. The van der Waals surface area contributed by atoms with Crippen molar-refractivity contribution in [2.24, 2.45) is 0 Å². The molecule has 0 bridgehead atoms. The summed E-state index contributed by atoms with van der Waals surface area (Å²) in [7, 11) is 0. The Morgan fingerprint density at radius 2 is 1.00 bits per heavy atom. The molecule has 2 N–H and O–H groups in total. The van der Waals surface area contributed by atoms with Gasteiger partial charge in [0.05, 0.1) is 24.3 Å². The lowest BCUT2D eigenvalue weighted by molar-refractivity contribution is 0.0488. The van der Waals surface area contributed by atoms with Crippen LogP contribution in [0.3, 0.4) is 0 Å². The third-order valence-corrected chi connectivity index (χ3v) is 4.88. The van der Waals surface area contributed by atoms with E-state index in [9.17, 15) is 9.59 Å². The third kappa shape index (κ3) is 8.13. The van der Waals surface area contributed by atoms with Gasteiger partial charge in [0, 0.05) is 13.2 Å². The number of benzene rings is 2. The first-order chi connectivity index (χ1) is 14.7. The van der Waals surface area contributed by atoms with Gasteiger partial charge in [-0.15, -0.1) is 0 Å². The van der Waals surface area contributed by atoms with Gasteiger partial charge in [-0.3, -0.25) is 0 Å². The summed E-state index contributed by atoms with van der Waals surface area (Å²) < 4.78 is 10.6. The fourth-order valence-electron chi connectivity index (χ4n) is 3.13. The van der Waals surface area contributed by atoms with Crippen LogP contribution in [0.1, 0.15) is 72.1 Å². The number of carbonyl (C=O) groups excluding carboxylic acids is 2. The molecule has 0 fully saturated rings. The number of unbranched alkanes of at least 4 members (excludes halogenated alkanes) is 6. The van der Waals surface area contributed by atoms with Crippen molar-refractivity contribution < 1.29 is 29.3 Å². The van der Waals surface area contributed by atoms with Crippen molar-refractivity contribution in [1.29, 1.82) is 0 Å². The van der Waals surface area contributed by atoms with Crippen LogP contribution < -0.4 is 0 Å². The Morgan fingerprint density at radius 1 is 0.600 bits per heavy atom. The summed E-state index contributed by atoms with van der Waals surface area (Å²) in [6, 6.07) is 10.5. The first-order valence-electron chi connectivity index (χ1n) is 10.8. The Balaban J connectivity index is 1.84. The van der Waals surface area contributed by atoms with E-state index < -0.39 is 0 Å². The Hall–Kier alpha value is -2.44. The van der Waals surface area contributed by atoms with Crippen molar-refractivity contribution in [2.45, 2.75) is 51.4 Å². The number of aliphatic hydroxyl groups is 2. The predicted molar refractivity (Wildman–Crippen MR) is 116 cm³/mol. The maximum Gasteiger partial charge on any atom is 0.338 e. The van der Waals surface area contributed by atoms with Crippen LogP contribution >= 0.6 is 0 Å². The Kier molecular flexibility index (Phi) is 10.9. The number of ether oxygens (including phenoxy) is 2. The second-order valence-electron chi connectivity index (χ2n) is 7.32. The van der Waals surface area contributed by atoms with Crippen LogP contribution in [-0.2, 0) is 9.47 Å².